The SMILES string of the molecule is CCCCNC(=O)[C@H](C)N(Cc1ccc(OC)cc1)C(=O)CSCc1ccc(Cl)c(Cl)c1. The van der Waals surface area contributed by atoms with Crippen molar-refractivity contribution in [3.05, 3.63) is 63.6 Å². The van der Waals surface area contributed by atoms with Gasteiger partial charge in [-0.2, -0.15) is 0 Å². The molecule has 5 nitrogen and oxygen atoms in total. The fourth-order valence-electron chi connectivity index (χ4n) is 3.01. The minimum absolute atomic E-state index is 0.0935. The van der Waals surface area contributed by atoms with Gasteiger partial charge in [-0.3, -0.25) is 9.59 Å². The lowest BCUT2D eigenvalue weighted by atomic mass is 10.1. The van der Waals surface area contributed by atoms with E-state index >= 15 is 0 Å². The van der Waals surface area contributed by atoms with E-state index in [2.05, 4.69) is 12.2 Å². The molecule has 0 radical (unpaired) electrons. The van der Waals surface area contributed by atoms with Gasteiger partial charge >= 0.3 is 0 Å². The number of unbranched alkanes of at least 4 members (excludes halogenated alkanes) is 1. The molecule has 0 aliphatic carbocycles. The maximum absolute atomic E-state index is 13.1. The molecule has 0 saturated heterocycles. The number of carbonyl (C=O) groups excluding carboxylic acids is 2. The van der Waals surface area contributed by atoms with Crippen molar-refractivity contribution >= 4 is 46.8 Å². The number of rotatable bonds is 12. The van der Waals surface area contributed by atoms with Gasteiger partial charge in [0.1, 0.15) is 11.8 Å². The van der Waals surface area contributed by atoms with Gasteiger partial charge in [0.25, 0.3) is 0 Å². The lowest BCUT2D eigenvalue weighted by molar-refractivity contribution is -0.138. The van der Waals surface area contributed by atoms with Gasteiger partial charge < -0.3 is 15.0 Å². The first-order valence-electron chi connectivity index (χ1n) is 10.6. The molecule has 2 aromatic carbocycles. The molecule has 174 valence electrons. The second-order valence-corrected chi connectivity index (χ2v) is 9.23. The van der Waals surface area contributed by atoms with Crippen LogP contribution in [0, 0.1) is 0 Å². The molecule has 0 bridgehead atoms. The molecule has 0 unspecified atom stereocenters. The number of benzene rings is 2. The number of halogens is 2. The highest BCUT2D eigenvalue weighted by Crippen LogP contribution is 2.25. The zero-order chi connectivity index (χ0) is 23.5. The summed E-state index contributed by atoms with van der Waals surface area (Å²) in [4.78, 5) is 27.4. The van der Waals surface area contributed by atoms with E-state index in [1.165, 1.54) is 11.8 Å². The van der Waals surface area contributed by atoms with E-state index in [4.69, 9.17) is 27.9 Å². The normalized spacial score (nSPS) is 11.7. The van der Waals surface area contributed by atoms with E-state index < -0.39 is 6.04 Å². The highest BCUT2D eigenvalue weighted by Gasteiger charge is 2.25. The predicted octanol–water partition coefficient (Wildman–Crippen LogP) is 5.57. The molecule has 0 saturated carbocycles. The Hall–Kier alpha value is -1.89. The molecule has 0 aliphatic heterocycles. The number of amides is 2. The number of hydrogen-bond donors (Lipinski definition) is 1. The third kappa shape index (κ3) is 8.23. The summed E-state index contributed by atoms with van der Waals surface area (Å²) in [6.07, 6.45) is 1.90. The molecule has 0 heterocycles. The van der Waals surface area contributed by atoms with Crippen LogP contribution in [-0.2, 0) is 21.9 Å². The van der Waals surface area contributed by atoms with Crippen LogP contribution in [0.2, 0.25) is 10.0 Å². The summed E-state index contributed by atoms with van der Waals surface area (Å²) < 4.78 is 5.21. The molecule has 1 atom stereocenters. The quantitative estimate of drug-likeness (QED) is 0.390. The molecule has 32 heavy (non-hydrogen) atoms. The second kappa shape index (κ2) is 13.6. The average molecular weight is 497 g/mol. The lowest BCUT2D eigenvalue weighted by Gasteiger charge is -2.29. The van der Waals surface area contributed by atoms with Crippen LogP contribution in [0.4, 0.5) is 0 Å². The summed E-state index contributed by atoms with van der Waals surface area (Å²) in [7, 11) is 1.61. The maximum Gasteiger partial charge on any atom is 0.242 e. The number of nitrogens with zero attached hydrogens (tertiary/aromatic N) is 1. The monoisotopic (exact) mass is 496 g/mol. The van der Waals surface area contributed by atoms with Gasteiger partial charge in [-0.15, -0.1) is 11.8 Å². The number of nitrogens with one attached hydrogen (secondary N) is 1. The average Bonchev–Trinajstić information content (AvgIpc) is 2.79. The first-order chi connectivity index (χ1) is 15.3. The van der Waals surface area contributed by atoms with Crippen molar-refractivity contribution in [1.29, 1.82) is 0 Å². The van der Waals surface area contributed by atoms with Gasteiger partial charge in [0, 0.05) is 18.8 Å². The summed E-state index contributed by atoms with van der Waals surface area (Å²) >= 11 is 13.5. The molecule has 0 aromatic heterocycles. The summed E-state index contributed by atoms with van der Waals surface area (Å²) in [5.74, 6) is 1.38. The Morgan fingerprint density at radius 1 is 1.09 bits per heavy atom. The number of methoxy groups -OCH3 is 1. The Bertz CT molecular complexity index is 893. The second-order valence-electron chi connectivity index (χ2n) is 7.43. The van der Waals surface area contributed by atoms with Gasteiger partial charge in [-0.25, -0.2) is 0 Å². The van der Waals surface area contributed by atoms with Crippen molar-refractivity contribution in [2.24, 2.45) is 0 Å². The van der Waals surface area contributed by atoms with Crippen LogP contribution >= 0.6 is 35.0 Å². The number of hydrogen-bond acceptors (Lipinski definition) is 4. The van der Waals surface area contributed by atoms with E-state index in [-0.39, 0.29) is 17.6 Å². The summed E-state index contributed by atoms with van der Waals surface area (Å²) in [5.41, 5.74) is 1.92. The van der Waals surface area contributed by atoms with Crippen LogP contribution in [0.25, 0.3) is 0 Å². The van der Waals surface area contributed by atoms with Crippen molar-refractivity contribution < 1.29 is 14.3 Å². The topological polar surface area (TPSA) is 58.6 Å². The van der Waals surface area contributed by atoms with Gasteiger partial charge in [0.05, 0.1) is 22.9 Å². The Morgan fingerprint density at radius 2 is 1.78 bits per heavy atom. The zero-order valence-corrected chi connectivity index (χ0v) is 21.0. The molecule has 0 aliphatic rings. The van der Waals surface area contributed by atoms with Crippen molar-refractivity contribution in [2.45, 2.75) is 45.0 Å². The van der Waals surface area contributed by atoms with Crippen LogP contribution in [0.15, 0.2) is 42.5 Å². The van der Waals surface area contributed by atoms with Crippen LogP contribution in [0.1, 0.15) is 37.8 Å². The van der Waals surface area contributed by atoms with E-state index in [1.54, 1.807) is 31.1 Å². The minimum Gasteiger partial charge on any atom is -0.497 e. The predicted molar refractivity (Wildman–Crippen MR) is 134 cm³/mol. The van der Waals surface area contributed by atoms with Gasteiger partial charge in [0.15, 0.2) is 0 Å². The Morgan fingerprint density at radius 3 is 2.41 bits per heavy atom. The highest BCUT2D eigenvalue weighted by molar-refractivity contribution is 7.99. The van der Waals surface area contributed by atoms with Gasteiger partial charge in [0.2, 0.25) is 11.8 Å². The molecule has 2 aromatic rings. The maximum atomic E-state index is 13.1. The Labute approximate surface area is 204 Å². The van der Waals surface area contributed by atoms with E-state index in [9.17, 15) is 9.59 Å². The third-order valence-electron chi connectivity index (χ3n) is 4.99. The van der Waals surface area contributed by atoms with Crippen LogP contribution in [0.3, 0.4) is 0 Å². The molecular weight excluding hydrogens is 467 g/mol. The number of ether oxygens (including phenoxy) is 1. The molecule has 0 fully saturated rings. The van der Waals surface area contributed by atoms with Crippen molar-refractivity contribution in [1.82, 2.24) is 10.2 Å². The molecule has 0 spiro atoms. The van der Waals surface area contributed by atoms with Gasteiger partial charge in [-0.1, -0.05) is 54.7 Å². The summed E-state index contributed by atoms with van der Waals surface area (Å²) in [5, 5.41) is 3.93. The highest BCUT2D eigenvalue weighted by atomic mass is 35.5. The summed E-state index contributed by atoms with van der Waals surface area (Å²) in [6.45, 7) is 4.79. The van der Waals surface area contributed by atoms with Crippen LogP contribution in [0.5, 0.6) is 5.75 Å². The Balaban J connectivity index is 2.05. The van der Waals surface area contributed by atoms with Crippen molar-refractivity contribution in [3.8, 4) is 5.75 Å². The summed E-state index contributed by atoms with van der Waals surface area (Å²) in [6, 6.07) is 12.4. The Kier molecular flexibility index (Phi) is 11.2. The van der Waals surface area contributed by atoms with E-state index in [0.717, 1.165) is 29.7 Å². The fourth-order valence-corrected chi connectivity index (χ4v) is 4.19. The molecule has 2 rings (SSSR count). The van der Waals surface area contributed by atoms with E-state index in [1.807, 2.05) is 30.3 Å². The standard InChI is InChI=1S/C24H30Cl2N2O3S/c1-4-5-12-27-24(30)17(2)28(14-18-6-9-20(31-3)10-7-18)23(29)16-32-15-19-8-11-21(25)22(26)13-19/h6-11,13,17H,4-5,12,14-16H2,1-3H3,(H,27,30)/t17-/m0/s1. The molecular formula is C24H30Cl2N2O3S. The van der Waals surface area contributed by atoms with Crippen LogP contribution in [-0.4, -0.2) is 42.2 Å². The fraction of sp³-hybridized carbons (Fsp3) is 0.417. The largest absolute Gasteiger partial charge is 0.497 e. The molecule has 2 amide bonds. The van der Waals surface area contributed by atoms with Crippen molar-refractivity contribution in [2.75, 3.05) is 19.4 Å². The third-order valence-corrected chi connectivity index (χ3v) is 6.71. The van der Waals surface area contributed by atoms with Crippen LogP contribution < -0.4 is 10.1 Å². The molecule has 1 N–H and O–H groups in total. The minimum atomic E-state index is -0.577. The first kappa shape index (κ1) is 26.4. The smallest absolute Gasteiger partial charge is 0.242 e. The zero-order valence-electron chi connectivity index (χ0n) is 18.7. The van der Waals surface area contributed by atoms with Gasteiger partial charge in [-0.05, 0) is 48.7 Å². The number of thioether (sulfide) groups is 1. The number of carbonyl (C=O) groups is 2. The lowest BCUT2D eigenvalue weighted by Crippen LogP contribution is -2.48. The van der Waals surface area contributed by atoms with E-state index in [0.29, 0.717) is 28.9 Å². The molecule has 8 heteroatoms. The first-order valence-corrected chi connectivity index (χ1v) is 12.5. The van der Waals surface area contributed by atoms with Crippen molar-refractivity contribution in [3.63, 3.8) is 0 Å².